The molecule has 1 aliphatic carbocycles. The van der Waals surface area contributed by atoms with Crippen molar-refractivity contribution in [3.05, 3.63) is 30.1 Å². The van der Waals surface area contributed by atoms with Gasteiger partial charge in [-0.05, 0) is 64.2 Å². The van der Waals surface area contributed by atoms with E-state index >= 15 is 0 Å². The zero-order chi connectivity index (χ0) is 20.6. The van der Waals surface area contributed by atoms with Gasteiger partial charge < -0.3 is 19.5 Å². The van der Waals surface area contributed by atoms with E-state index in [0.29, 0.717) is 0 Å². The van der Waals surface area contributed by atoms with Crippen molar-refractivity contribution in [2.45, 2.75) is 77.2 Å². The summed E-state index contributed by atoms with van der Waals surface area (Å²) < 4.78 is 15.8. The summed E-state index contributed by atoms with van der Waals surface area (Å²) in [6.07, 6.45) is 5.61. The van der Waals surface area contributed by atoms with Gasteiger partial charge in [0.25, 0.3) is 0 Å². The molecule has 1 atom stereocenters. The summed E-state index contributed by atoms with van der Waals surface area (Å²) in [5.41, 5.74) is 0.00725. The van der Waals surface area contributed by atoms with Crippen LogP contribution in [-0.2, 0) is 30.4 Å². The van der Waals surface area contributed by atoms with Gasteiger partial charge in [0, 0.05) is 12.4 Å². The van der Waals surface area contributed by atoms with Crippen molar-refractivity contribution in [2.75, 3.05) is 0 Å². The Labute approximate surface area is 164 Å². The second kappa shape index (κ2) is 10.1. The number of amides is 1. The maximum Gasteiger partial charge on any atom is 0.408 e. The number of hydrogen-bond donors (Lipinski definition) is 1. The molecule has 8 heteroatoms. The Balaban J connectivity index is 1.95. The molecule has 1 aromatic heterocycles. The first-order chi connectivity index (χ1) is 13.2. The smallest absolute Gasteiger partial charge is 0.408 e. The standard InChI is InChI=1S/C20H28N2O6/c1-20(2,3)28-19(25)22-16(12-17(23)27-15-6-4-5-7-15)18(24)26-13-14-8-10-21-11-9-14/h8-11,15-16H,4-7,12-13H2,1-3H3,(H,22,25)/t16-/m0/s1. The second-order valence-electron chi connectivity index (χ2n) is 7.76. The molecule has 1 saturated carbocycles. The Morgan fingerprint density at radius 2 is 1.82 bits per heavy atom. The lowest BCUT2D eigenvalue weighted by molar-refractivity contribution is -0.156. The van der Waals surface area contributed by atoms with Crippen LogP contribution in [0.5, 0.6) is 0 Å². The first-order valence-electron chi connectivity index (χ1n) is 9.47. The van der Waals surface area contributed by atoms with Gasteiger partial charge in [0.05, 0.1) is 6.42 Å². The molecule has 0 bridgehead atoms. The number of carbonyl (C=O) groups is 3. The lowest BCUT2D eigenvalue weighted by Gasteiger charge is -2.23. The van der Waals surface area contributed by atoms with E-state index < -0.39 is 29.7 Å². The molecule has 154 valence electrons. The van der Waals surface area contributed by atoms with Crippen LogP contribution in [0.2, 0.25) is 0 Å². The van der Waals surface area contributed by atoms with Crippen LogP contribution in [0, 0.1) is 0 Å². The topological polar surface area (TPSA) is 104 Å². The lowest BCUT2D eigenvalue weighted by atomic mass is 10.2. The van der Waals surface area contributed by atoms with Crippen LogP contribution in [0.25, 0.3) is 0 Å². The normalized spacial score (nSPS) is 15.5. The predicted octanol–water partition coefficient (Wildman–Crippen LogP) is 2.89. The molecule has 1 aromatic rings. The Morgan fingerprint density at radius 1 is 1.18 bits per heavy atom. The molecule has 1 heterocycles. The fourth-order valence-electron chi connectivity index (χ4n) is 2.78. The van der Waals surface area contributed by atoms with E-state index in [1.165, 1.54) is 0 Å². The lowest BCUT2D eigenvalue weighted by Crippen LogP contribution is -2.45. The molecule has 0 spiro atoms. The van der Waals surface area contributed by atoms with Crippen LogP contribution >= 0.6 is 0 Å². The minimum Gasteiger partial charge on any atom is -0.462 e. The number of carbonyl (C=O) groups excluding carboxylic acids is 3. The van der Waals surface area contributed by atoms with Crippen molar-refractivity contribution in [2.24, 2.45) is 0 Å². The number of aromatic nitrogens is 1. The van der Waals surface area contributed by atoms with Gasteiger partial charge in [-0.25, -0.2) is 9.59 Å². The van der Waals surface area contributed by atoms with Crippen molar-refractivity contribution < 1.29 is 28.6 Å². The molecule has 0 aliphatic heterocycles. The van der Waals surface area contributed by atoms with Gasteiger partial charge in [-0.3, -0.25) is 9.78 Å². The van der Waals surface area contributed by atoms with Crippen molar-refractivity contribution in [1.82, 2.24) is 10.3 Å². The summed E-state index contributed by atoms with van der Waals surface area (Å²) in [7, 11) is 0. The Hall–Kier alpha value is -2.64. The number of nitrogens with zero attached hydrogens (tertiary/aromatic N) is 1. The maximum absolute atomic E-state index is 12.5. The van der Waals surface area contributed by atoms with Crippen LogP contribution in [0.1, 0.15) is 58.4 Å². The van der Waals surface area contributed by atoms with E-state index in [0.717, 1.165) is 31.2 Å². The average Bonchev–Trinajstić information content (AvgIpc) is 3.11. The van der Waals surface area contributed by atoms with Gasteiger partial charge in [-0.2, -0.15) is 0 Å². The summed E-state index contributed by atoms with van der Waals surface area (Å²) in [6, 6.07) is 2.22. The van der Waals surface area contributed by atoms with Crippen molar-refractivity contribution in [1.29, 1.82) is 0 Å². The highest BCUT2D eigenvalue weighted by Gasteiger charge is 2.30. The van der Waals surface area contributed by atoms with E-state index in [9.17, 15) is 14.4 Å². The molecule has 1 fully saturated rings. The zero-order valence-corrected chi connectivity index (χ0v) is 16.6. The van der Waals surface area contributed by atoms with E-state index in [1.54, 1.807) is 45.3 Å². The summed E-state index contributed by atoms with van der Waals surface area (Å²) in [4.78, 5) is 40.7. The van der Waals surface area contributed by atoms with Crippen molar-refractivity contribution in [3.63, 3.8) is 0 Å². The molecule has 0 saturated heterocycles. The average molecular weight is 392 g/mol. The van der Waals surface area contributed by atoms with Crippen molar-refractivity contribution >= 4 is 18.0 Å². The van der Waals surface area contributed by atoms with Crippen LogP contribution in [-0.4, -0.2) is 40.8 Å². The number of hydrogen-bond acceptors (Lipinski definition) is 7. The summed E-state index contributed by atoms with van der Waals surface area (Å²) >= 11 is 0. The Bertz CT molecular complexity index is 665. The van der Waals surface area contributed by atoms with E-state index in [4.69, 9.17) is 14.2 Å². The molecule has 0 aromatic carbocycles. The molecule has 0 unspecified atom stereocenters. The molecule has 1 amide bonds. The third-order valence-electron chi connectivity index (χ3n) is 4.08. The third kappa shape index (κ3) is 7.94. The van der Waals surface area contributed by atoms with Gasteiger partial charge in [-0.1, -0.05) is 0 Å². The number of esters is 2. The van der Waals surface area contributed by atoms with E-state index in [1.807, 2.05) is 0 Å². The fraction of sp³-hybridized carbons (Fsp3) is 0.600. The van der Waals surface area contributed by atoms with Gasteiger partial charge >= 0.3 is 18.0 Å². The highest BCUT2D eigenvalue weighted by molar-refractivity contribution is 5.86. The highest BCUT2D eigenvalue weighted by atomic mass is 16.6. The molecule has 28 heavy (non-hydrogen) atoms. The summed E-state index contributed by atoms with van der Waals surface area (Å²) in [6.45, 7) is 5.12. The number of nitrogens with one attached hydrogen (secondary N) is 1. The molecular formula is C20H28N2O6. The number of pyridine rings is 1. The van der Waals surface area contributed by atoms with E-state index in [-0.39, 0.29) is 19.1 Å². The van der Waals surface area contributed by atoms with Crippen LogP contribution < -0.4 is 5.32 Å². The second-order valence-corrected chi connectivity index (χ2v) is 7.76. The largest absolute Gasteiger partial charge is 0.462 e. The number of ether oxygens (including phenoxy) is 3. The van der Waals surface area contributed by atoms with Gasteiger partial charge in [0.1, 0.15) is 24.4 Å². The molecule has 2 rings (SSSR count). The minimum atomic E-state index is -1.19. The highest BCUT2D eigenvalue weighted by Crippen LogP contribution is 2.21. The first kappa shape index (κ1) is 21.7. The van der Waals surface area contributed by atoms with Crippen LogP contribution in [0.4, 0.5) is 4.79 Å². The summed E-state index contributed by atoms with van der Waals surface area (Å²) in [5, 5.41) is 2.42. The molecule has 0 radical (unpaired) electrons. The Kier molecular flexibility index (Phi) is 7.78. The number of rotatable bonds is 7. The Morgan fingerprint density at radius 3 is 2.43 bits per heavy atom. The molecule has 1 aliphatic rings. The van der Waals surface area contributed by atoms with Crippen LogP contribution in [0.15, 0.2) is 24.5 Å². The first-order valence-corrected chi connectivity index (χ1v) is 9.47. The maximum atomic E-state index is 12.5. The van der Waals surface area contributed by atoms with E-state index in [2.05, 4.69) is 10.3 Å². The predicted molar refractivity (Wildman–Crippen MR) is 100 cm³/mol. The molecular weight excluding hydrogens is 364 g/mol. The SMILES string of the molecule is CC(C)(C)OC(=O)N[C@@H](CC(=O)OC1CCCC1)C(=O)OCc1ccncc1. The number of alkyl carbamates (subject to hydrolysis) is 1. The monoisotopic (exact) mass is 392 g/mol. The van der Waals surface area contributed by atoms with Crippen molar-refractivity contribution in [3.8, 4) is 0 Å². The van der Waals surface area contributed by atoms with Gasteiger partial charge in [0.15, 0.2) is 0 Å². The van der Waals surface area contributed by atoms with Crippen LogP contribution in [0.3, 0.4) is 0 Å². The molecule has 1 N–H and O–H groups in total. The third-order valence-corrected chi connectivity index (χ3v) is 4.08. The minimum absolute atomic E-state index is 0.00548. The van der Waals surface area contributed by atoms with Gasteiger partial charge in [0.2, 0.25) is 0 Å². The fourth-order valence-corrected chi connectivity index (χ4v) is 2.78. The quantitative estimate of drug-likeness (QED) is 0.562. The zero-order valence-electron chi connectivity index (χ0n) is 16.6. The van der Waals surface area contributed by atoms with Gasteiger partial charge in [-0.15, -0.1) is 0 Å². The molecule has 8 nitrogen and oxygen atoms in total. The summed E-state index contributed by atoms with van der Waals surface area (Å²) in [5.74, 6) is -1.28.